The maximum Gasteiger partial charge on any atom is 0.221 e. The van der Waals surface area contributed by atoms with Crippen LogP contribution in [0.1, 0.15) is 38.8 Å². The zero-order chi connectivity index (χ0) is 12.7. The van der Waals surface area contributed by atoms with E-state index in [0.29, 0.717) is 19.0 Å². The number of nitrogens with zero attached hydrogens (tertiary/aromatic N) is 1. The standard InChI is InChI=1S/C13H21N3O/c1-10(2)15-8-6-13(17)16-11(3)12-5-4-7-14-9-12/h4-5,7,9-11,15H,6,8H2,1-3H3,(H,16,17). The van der Waals surface area contributed by atoms with E-state index in [1.54, 1.807) is 12.4 Å². The minimum Gasteiger partial charge on any atom is -0.349 e. The van der Waals surface area contributed by atoms with E-state index < -0.39 is 0 Å². The molecule has 1 amide bonds. The molecule has 0 bridgehead atoms. The van der Waals surface area contributed by atoms with Gasteiger partial charge in [0, 0.05) is 31.4 Å². The molecular formula is C13H21N3O. The lowest BCUT2D eigenvalue weighted by Crippen LogP contribution is -2.31. The van der Waals surface area contributed by atoms with Gasteiger partial charge in [-0.1, -0.05) is 19.9 Å². The topological polar surface area (TPSA) is 54.0 Å². The van der Waals surface area contributed by atoms with Crippen LogP contribution in [-0.4, -0.2) is 23.5 Å². The van der Waals surface area contributed by atoms with Gasteiger partial charge in [0.2, 0.25) is 5.91 Å². The highest BCUT2D eigenvalue weighted by atomic mass is 16.1. The number of aromatic nitrogens is 1. The van der Waals surface area contributed by atoms with Crippen LogP contribution in [0.5, 0.6) is 0 Å². The van der Waals surface area contributed by atoms with Crippen molar-refractivity contribution in [2.45, 2.75) is 39.3 Å². The molecule has 0 aliphatic heterocycles. The van der Waals surface area contributed by atoms with Crippen molar-refractivity contribution in [2.75, 3.05) is 6.54 Å². The maximum absolute atomic E-state index is 11.6. The number of nitrogens with one attached hydrogen (secondary N) is 2. The number of rotatable bonds is 6. The second-order valence-corrected chi connectivity index (χ2v) is 4.43. The Kier molecular flexibility index (Phi) is 5.63. The Morgan fingerprint density at radius 3 is 2.76 bits per heavy atom. The molecule has 0 aliphatic carbocycles. The number of carbonyl (C=O) groups is 1. The van der Waals surface area contributed by atoms with E-state index in [4.69, 9.17) is 0 Å². The molecular weight excluding hydrogens is 214 g/mol. The van der Waals surface area contributed by atoms with Crippen molar-refractivity contribution >= 4 is 5.91 Å². The van der Waals surface area contributed by atoms with E-state index in [9.17, 15) is 4.79 Å². The van der Waals surface area contributed by atoms with Crippen molar-refractivity contribution in [3.8, 4) is 0 Å². The summed E-state index contributed by atoms with van der Waals surface area (Å²) in [6.45, 7) is 6.81. The SMILES string of the molecule is CC(C)NCCC(=O)NC(C)c1cccnc1. The highest BCUT2D eigenvalue weighted by Gasteiger charge is 2.08. The minimum atomic E-state index is 0.00949. The summed E-state index contributed by atoms with van der Waals surface area (Å²) in [6.07, 6.45) is 4.00. The predicted octanol–water partition coefficient (Wildman–Crippen LogP) is 1.65. The smallest absolute Gasteiger partial charge is 0.221 e. The van der Waals surface area contributed by atoms with Gasteiger partial charge in [0.05, 0.1) is 6.04 Å². The molecule has 1 atom stereocenters. The second-order valence-electron chi connectivity index (χ2n) is 4.43. The Balaban J connectivity index is 2.31. The molecule has 1 aromatic rings. The Bertz CT molecular complexity index is 338. The first-order valence-electron chi connectivity index (χ1n) is 6.02. The quantitative estimate of drug-likeness (QED) is 0.788. The van der Waals surface area contributed by atoms with Crippen LogP contribution < -0.4 is 10.6 Å². The van der Waals surface area contributed by atoms with Crippen LogP contribution in [-0.2, 0) is 4.79 Å². The van der Waals surface area contributed by atoms with Crippen LogP contribution in [0, 0.1) is 0 Å². The molecule has 4 nitrogen and oxygen atoms in total. The molecule has 0 fully saturated rings. The van der Waals surface area contributed by atoms with Crippen molar-refractivity contribution < 1.29 is 4.79 Å². The van der Waals surface area contributed by atoms with E-state index in [1.165, 1.54) is 0 Å². The van der Waals surface area contributed by atoms with Crippen LogP contribution in [0.4, 0.5) is 0 Å². The largest absolute Gasteiger partial charge is 0.349 e. The van der Waals surface area contributed by atoms with Crippen molar-refractivity contribution in [1.29, 1.82) is 0 Å². The molecule has 0 radical (unpaired) electrons. The van der Waals surface area contributed by atoms with Crippen LogP contribution >= 0.6 is 0 Å². The molecule has 1 rings (SSSR count). The average Bonchev–Trinajstić information content (AvgIpc) is 2.29. The van der Waals surface area contributed by atoms with Gasteiger partial charge in [0.15, 0.2) is 0 Å². The first kappa shape index (κ1) is 13.6. The van der Waals surface area contributed by atoms with E-state index in [1.807, 2.05) is 19.1 Å². The van der Waals surface area contributed by atoms with Crippen molar-refractivity contribution in [3.63, 3.8) is 0 Å². The molecule has 0 saturated heterocycles. The summed E-state index contributed by atoms with van der Waals surface area (Å²) >= 11 is 0. The second kappa shape index (κ2) is 7.01. The van der Waals surface area contributed by atoms with Crippen molar-refractivity contribution in [3.05, 3.63) is 30.1 Å². The average molecular weight is 235 g/mol. The van der Waals surface area contributed by atoms with Gasteiger partial charge in [0.25, 0.3) is 0 Å². The van der Waals surface area contributed by atoms with Crippen LogP contribution in [0.3, 0.4) is 0 Å². The van der Waals surface area contributed by atoms with E-state index in [-0.39, 0.29) is 11.9 Å². The van der Waals surface area contributed by atoms with Crippen LogP contribution in [0.25, 0.3) is 0 Å². The molecule has 17 heavy (non-hydrogen) atoms. The monoisotopic (exact) mass is 235 g/mol. The summed E-state index contributed by atoms with van der Waals surface area (Å²) in [7, 11) is 0. The summed E-state index contributed by atoms with van der Waals surface area (Å²) in [5, 5.41) is 6.17. The maximum atomic E-state index is 11.6. The third-order valence-corrected chi connectivity index (χ3v) is 2.47. The third-order valence-electron chi connectivity index (χ3n) is 2.47. The number of amides is 1. The van der Waals surface area contributed by atoms with E-state index >= 15 is 0 Å². The first-order chi connectivity index (χ1) is 8.09. The summed E-state index contributed by atoms with van der Waals surface area (Å²) in [4.78, 5) is 15.7. The third kappa shape index (κ3) is 5.45. The molecule has 0 spiro atoms. The fourth-order valence-corrected chi connectivity index (χ4v) is 1.50. The van der Waals surface area contributed by atoms with Gasteiger partial charge in [0.1, 0.15) is 0 Å². The van der Waals surface area contributed by atoms with Crippen molar-refractivity contribution in [1.82, 2.24) is 15.6 Å². The molecule has 1 heterocycles. The summed E-state index contributed by atoms with van der Waals surface area (Å²) < 4.78 is 0. The molecule has 94 valence electrons. The number of hydrogen-bond donors (Lipinski definition) is 2. The lowest BCUT2D eigenvalue weighted by molar-refractivity contribution is -0.121. The van der Waals surface area contributed by atoms with Crippen LogP contribution in [0.2, 0.25) is 0 Å². The lowest BCUT2D eigenvalue weighted by atomic mass is 10.1. The van der Waals surface area contributed by atoms with Crippen LogP contribution in [0.15, 0.2) is 24.5 Å². The molecule has 1 aromatic heterocycles. The summed E-state index contributed by atoms with van der Waals surface area (Å²) in [6, 6.07) is 4.26. The summed E-state index contributed by atoms with van der Waals surface area (Å²) in [5.41, 5.74) is 1.03. The Morgan fingerprint density at radius 1 is 1.41 bits per heavy atom. The lowest BCUT2D eigenvalue weighted by Gasteiger charge is -2.14. The predicted molar refractivity (Wildman–Crippen MR) is 68.6 cm³/mol. The van der Waals surface area contributed by atoms with Gasteiger partial charge in [-0.2, -0.15) is 0 Å². The Labute approximate surface area is 103 Å². The zero-order valence-electron chi connectivity index (χ0n) is 10.7. The van der Waals surface area contributed by atoms with Gasteiger partial charge in [-0.25, -0.2) is 0 Å². The van der Waals surface area contributed by atoms with Crippen molar-refractivity contribution in [2.24, 2.45) is 0 Å². The number of hydrogen-bond acceptors (Lipinski definition) is 3. The molecule has 4 heteroatoms. The normalized spacial score (nSPS) is 12.5. The van der Waals surface area contributed by atoms with E-state index in [2.05, 4.69) is 29.5 Å². The molecule has 1 unspecified atom stereocenters. The fraction of sp³-hybridized carbons (Fsp3) is 0.538. The Morgan fingerprint density at radius 2 is 2.18 bits per heavy atom. The van der Waals surface area contributed by atoms with Gasteiger partial charge in [-0.05, 0) is 18.6 Å². The number of pyridine rings is 1. The van der Waals surface area contributed by atoms with E-state index in [0.717, 1.165) is 5.56 Å². The number of carbonyl (C=O) groups excluding carboxylic acids is 1. The molecule has 0 saturated carbocycles. The minimum absolute atomic E-state index is 0.00949. The first-order valence-corrected chi connectivity index (χ1v) is 6.02. The molecule has 0 aliphatic rings. The van der Waals surface area contributed by atoms with Gasteiger partial charge >= 0.3 is 0 Å². The zero-order valence-corrected chi connectivity index (χ0v) is 10.7. The highest BCUT2D eigenvalue weighted by molar-refractivity contribution is 5.76. The van der Waals surface area contributed by atoms with Gasteiger partial charge in [-0.3, -0.25) is 9.78 Å². The molecule has 0 aromatic carbocycles. The summed E-state index contributed by atoms with van der Waals surface area (Å²) in [5.74, 6) is 0.0644. The Hall–Kier alpha value is -1.42. The fourth-order valence-electron chi connectivity index (χ4n) is 1.50. The van der Waals surface area contributed by atoms with Gasteiger partial charge in [-0.15, -0.1) is 0 Å². The molecule has 2 N–H and O–H groups in total. The highest BCUT2D eigenvalue weighted by Crippen LogP contribution is 2.09. The van der Waals surface area contributed by atoms with Gasteiger partial charge < -0.3 is 10.6 Å².